The topological polar surface area (TPSA) is 98.0 Å². The summed E-state index contributed by atoms with van der Waals surface area (Å²) < 4.78 is 26.8. The highest BCUT2D eigenvalue weighted by atomic mass is 32.2. The van der Waals surface area contributed by atoms with Gasteiger partial charge in [-0.3, -0.25) is 0 Å². The Morgan fingerprint density at radius 3 is 2.55 bits per heavy atom. The van der Waals surface area contributed by atoms with Gasteiger partial charge in [0.05, 0.1) is 5.69 Å². The first kappa shape index (κ1) is 14.3. The third-order valence-electron chi connectivity index (χ3n) is 2.70. The Balaban J connectivity index is 2.34. The number of nitrogens with one attached hydrogen (secondary N) is 1. The Morgan fingerprint density at radius 1 is 1.20 bits per heavy atom. The molecule has 0 spiro atoms. The number of hydrogen-bond acceptors (Lipinski definition) is 5. The van der Waals surface area contributed by atoms with Crippen molar-refractivity contribution in [3.8, 4) is 0 Å². The third kappa shape index (κ3) is 3.05. The fraction of sp³-hybridized carbons (Fsp3) is 0.231. The van der Waals surface area contributed by atoms with E-state index in [1.54, 1.807) is 18.2 Å². The summed E-state index contributed by atoms with van der Waals surface area (Å²) in [5, 5.41) is 0. The summed E-state index contributed by atoms with van der Waals surface area (Å²) in [6.07, 6.45) is 1.52. The van der Waals surface area contributed by atoms with Crippen LogP contribution in [-0.2, 0) is 10.0 Å². The summed E-state index contributed by atoms with van der Waals surface area (Å²) in [6.45, 7) is 3.94. The summed E-state index contributed by atoms with van der Waals surface area (Å²) in [6, 6.07) is 7.99. The van der Waals surface area contributed by atoms with Crippen LogP contribution in [-0.4, -0.2) is 18.4 Å². The van der Waals surface area contributed by atoms with E-state index >= 15 is 0 Å². The largest absolute Gasteiger partial charge is 0.398 e. The molecule has 3 N–H and O–H groups in total. The summed E-state index contributed by atoms with van der Waals surface area (Å²) in [5.41, 5.74) is 6.62. The molecule has 0 aliphatic rings. The maximum Gasteiger partial charge on any atom is 0.266 e. The Labute approximate surface area is 118 Å². The van der Waals surface area contributed by atoms with Crippen LogP contribution < -0.4 is 10.5 Å². The van der Waals surface area contributed by atoms with Gasteiger partial charge in [0.1, 0.15) is 4.90 Å². The molecule has 106 valence electrons. The zero-order valence-corrected chi connectivity index (χ0v) is 12.1. The van der Waals surface area contributed by atoms with Gasteiger partial charge in [0.15, 0.2) is 0 Å². The van der Waals surface area contributed by atoms with E-state index in [-0.39, 0.29) is 22.4 Å². The summed E-state index contributed by atoms with van der Waals surface area (Å²) >= 11 is 0. The quantitative estimate of drug-likeness (QED) is 0.840. The summed E-state index contributed by atoms with van der Waals surface area (Å²) in [4.78, 5) is 8.10. The molecule has 0 fully saturated rings. The number of hydrogen-bond donors (Lipinski definition) is 2. The minimum atomic E-state index is -3.79. The van der Waals surface area contributed by atoms with Crippen LogP contribution in [0, 0.1) is 0 Å². The zero-order valence-electron chi connectivity index (χ0n) is 11.2. The SMILES string of the molecule is CC(C)c1ccnc(NS(=O)(=O)c2ccccc2N)n1. The molecule has 0 aliphatic heterocycles. The molecule has 0 saturated carbocycles. The Bertz CT molecular complexity index is 714. The van der Waals surface area contributed by atoms with Crippen LogP contribution in [0.1, 0.15) is 25.5 Å². The molecule has 0 bridgehead atoms. The lowest BCUT2D eigenvalue weighted by atomic mass is 10.1. The van der Waals surface area contributed by atoms with E-state index in [1.165, 1.54) is 18.3 Å². The third-order valence-corrected chi connectivity index (χ3v) is 4.10. The molecule has 0 atom stereocenters. The smallest absolute Gasteiger partial charge is 0.266 e. The summed E-state index contributed by atoms with van der Waals surface area (Å²) in [7, 11) is -3.79. The predicted octanol–water partition coefficient (Wildman–Crippen LogP) is 1.98. The number of para-hydroxylation sites is 1. The Hall–Kier alpha value is -2.15. The molecule has 7 heteroatoms. The predicted molar refractivity (Wildman–Crippen MR) is 77.8 cm³/mol. The molecule has 20 heavy (non-hydrogen) atoms. The van der Waals surface area contributed by atoms with Gasteiger partial charge in [-0.05, 0) is 24.1 Å². The van der Waals surface area contributed by atoms with Crippen molar-refractivity contribution in [3.05, 3.63) is 42.2 Å². The van der Waals surface area contributed by atoms with Gasteiger partial charge >= 0.3 is 0 Å². The fourth-order valence-electron chi connectivity index (χ4n) is 1.64. The van der Waals surface area contributed by atoms with E-state index in [2.05, 4.69) is 14.7 Å². The molecular weight excluding hydrogens is 276 g/mol. The van der Waals surface area contributed by atoms with Crippen LogP contribution in [0.15, 0.2) is 41.4 Å². The van der Waals surface area contributed by atoms with Crippen LogP contribution >= 0.6 is 0 Å². The second kappa shape index (κ2) is 5.46. The minimum Gasteiger partial charge on any atom is -0.398 e. The van der Waals surface area contributed by atoms with Gasteiger partial charge in [0.2, 0.25) is 5.95 Å². The second-order valence-corrected chi connectivity index (χ2v) is 6.25. The number of sulfonamides is 1. The Morgan fingerprint density at radius 2 is 1.90 bits per heavy atom. The lowest BCUT2D eigenvalue weighted by molar-refractivity contribution is 0.601. The van der Waals surface area contributed by atoms with Gasteiger partial charge in [0, 0.05) is 11.9 Å². The lowest BCUT2D eigenvalue weighted by Crippen LogP contribution is -2.17. The van der Waals surface area contributed by atoms with Gasteiger partial charge in [-0.1, -0.05) is 26.0 Å². The van der Waals surface area contributed by atoms with Gasteiger partial charge in [-0.15, -0.1) is 0 Å². The van der Waals surface area contributed by atoms with Gasteiger partial charge in [-0.25, -0.2) is 23.1 Å². The molecule has 0 saturated heterocycles. The van der Waals surface area contributed by atoms with Crippen molar-refractivity contribution in [2.45, 2.75) is 24.7 Å². The first-order valence-corrected chi connectivity index (χ1v) is 7.59. The van der Waals surface area contributed by atoms with E-state index in [4.69, 9.17) is 5.73 Å². The average molecular weight is 292 g/mol. The molecule has 6 nitrogen and oxygen atoms in total. The average Bonchev–Trinajstić information content (AvgIpc) is 2.38. The van der Waals surface area contributed by atoms with E-state index < -0.39 is 10.0 Å². The molecule has 0 aliphatic carbocycles. The van der Waals surface area contributed by atoms with Gasteiger partial charge in [-0.2, -0.15) is 0 Å². The number of benzene rings is 1. The highest BCUT2D eigenvalue weighted by Gasteiger charge is 2.18. The molecule has 1 aromatic heterocycles. The summed E-state index contributed by atoms with van der Waals surface area (Å²) in [5.74, 6) is 0.225. The van der Waals surface area contributed by atoms with Crippen molar-refractivity contribution in [2.24, 2.45) is 0 Å². The van der Waals surface area contributed by atoms with Crippen LogP contribution in [0.5, 0.6) is 0 Å². The lowest BCUT2D eigenvalue weighted by Gasteiger charge is -2.10. The number of aromatic nitrogens is 2. The van der Waals surface area contributed by atoms with Crippen LogP contribution in [0.4, 0.5) is 11.6 Å². The maximum atomic E-state index is 12.2. The molecule has 0 unspecified atom stereocenters. The zero-order chi connectivity index (χ0) is 14.8. The highest BCUT2D eigenvalue weighted by molar-refractivity contribution is 7.92. The van der Waals surface area contributed by atoms with Crippen molar-refractivity contribution in [3.63, 3.8) is 0 Å². The van der Waals surface area contributed by atoms with Gasteiger partial charge < -0.3 is 5.73 Å². The molecular formula is C13H16N4O2S. The maximum absolute atomic E-state index is 12.2. The molecule has 2 aromatic rings. The van der Waals surface area contributed by atoms with Crippen LogP contribution in [0.3, 0.4) is 0 Å². The van der Waals surface area contributed by atoms with Crippen molar-refractivity contribution >= 4 is 21.7 Å². The molecule has 0 radical (unpaired) electrons. The number of anilines is 2. The van der Waals surface area contributed by atoms with Crippen molar-refractivity contribution < 1.29 is 8.42 Å². The standard InChI is InChI=1S/C13H16N4O2S/c1-9(2)11-7-8-15-13(16-11)17-20(18,19)12-6-4-3-5-10(12)14/h3-9H,14H2,1-2H3,(H,15,16,17). The highest BCUT2D eigenvalue weighted by Crippen LogP contribution is 2.20. The van der Waals surface area contributed by atoms with Crippen LogP contribution in [0.2, 0.25) is 0 Å². The fourth-order valence-corrected chi connectivity index (χ4v) is 2.73. The van der Waals surface area contributed by atoms with Crippen molar-refractivity contribution in [2.75, 3.05) is 10.5 Å². The number of nitrogens with two attached hydrogens (primary N) is 1. The monoisotopic (exact) mass is 292 g/mol. The van der Waals surface area contributed by atoms with Crippen molar-refractivity contribution in [1.29, 1.82) is 0 Å². The number of nitrogen functional groups attached to an aromatic ring is 1. The number of nitrogens with zero attached hydrogens (tertiary/aromatic N) is 2. The van der Waals surface area contributed by atoms with E-state index in [1.807, 2.05) is 13.8 Å². The molecule has 1 aromatic carbocycles. The normalized spacial score (nSPS) is 11.6. The Kier molecular flexibility index (Phi) is 3.89. The molecule has 1 heterocycles. The molecule has 2 rings (SSSR count). The minimum absolute atomic E-state index is 0.0125. The second-order valence-electron chi connectivity index (χ2n) is 4.60. The number of rotatable bonds is 4. The van der Waals surface area contributed by atoms with E-state index in [9.17, 15) is 8.42 Å². The van der Waals surface area contributed by atoms with Gasteiger partial charge in [0.25, 0.3) is 10.0 Å². The molecule has 0 amide bonds. The first-order valence-electron chi connectivity index (χ1n) is 6.10. The first-order chi connectivity index (χ1) is 9.40. The van der Waals surface area contributed by atoms with E-state index in [0.717, 1.165) is 5.69 Å². The van der Waals surface area contributed by atoms with Crippen molar-refractivity contribution in [1.82, 2.24) is 9.97 Å². The van der Waals surface area contributed by atoms with E-state index in [0.29, 0.717) is 0 Å². The van der Waals surface area contributed by atoms with Crippen LogP contribution in [0.25, 0.3) is 0 Å².